The third-order valence-corrected chi connectivity index (χ3v) is 4.79. The van der Waals surface area contributed by atoms with Gasteiger partial charge >= 0.3 is 0 Å². The van der Waals surface area contributed by atoms with E-state index in [1.807, 2.05) is 4.57 Å². The number of fused-ring (bicyclic) bond motifs is 1. The summed E-state index contributed by atoms with van der Waals surface area (Å²) >= 11 is 0. The molecule has 0 aliphatic carbocycles. The fourth-order valence-corrected chi connectivity index (χ4v) is 3.08. The largest absolute Gasteiger partial charge is 0.394 e. The van der Waals surface area contributed by atoms with Gasteiger partial charge in [0.2, 0.25) is 11.9 Å². The van der Waals surface area contributed by atoms with Gasteiger partial charge in [0, 0.05) is 26.2 Å². The monoisotopic (exact) mass is 445 g/mol. The first-order valence-electron chi connectivity index (χ1n) is 10.7. The predicted molar refractivity (Wildman–Crippen MR) is 121 cm³/mol. The second-order valence-corrected chi connectivity index (χ2v) is 7.31. The van der Waals surface area contributed by atoms with Crippen molar-refractivity contribution in [2.24, 2.45) is 0 Å². The van der Waals surface area contributed by atoms with E-state index in [1.165, 1.54) is 12.7 Å². The van der Waals surface area contributed by atoms with Crippen molar-refractivity contribution in [2.45, 2.75) is 38.3 Å². The molecule has 174 valence electrons. The van der Waals surface area contributed by atoms with E-state index >= 15 is 0 Å². The average Bonchev–Trinajstić information content (AvgIpc) is 3.22. The van der Waals surface area contributed by atoms with Crippen LogP contribution in [0.25, 0.3) is 11.2 Å². The van der Waals surface area contributed by atoms with Crippen LogP contribution < -0.4 is 21.7 Å². The number of aromatic nitrogens is 7. The van der Waals surface area contributed by atoms with Crippen molar-refractivity contribution in [1.82, 2.24) is 39.8 Å². The lowest BCUT2D eigenvalue weighted by Crippen LogP contribution is -2.29. The number of imidazole rings is 1. The molecule has 7 N–H and O–H groups in total. The Labute approximate surface area is 185 Å². The Hall–Kier alpha value is -3.16. The number of unbranched alkanes of at least 4 members (excludes halogenated alkanes) is 3. The molecule has 0 radical (unpaired) electrons. The summed E-state index contributed by atoms with van der Waals surface area (Å²) in [5, 5.41) is 27.5. The highest BCUT2D eigenvalue weighted by Gasteiger charge is 2.07. The Kier molecular flexibility index (Phi) is 9.28. The summed E-state index contributed by atoms with van der Waals surface area (Å²) in [4.78, 5) is 25.1. The summed E-state index contributed by atoms with van der Waals surface area (Å²) in [6.07, 6.45) is 8.12. The number of rotatable bonds is 15. The van der Waals surface area contributed by atoms with E-state index in [-0.39, 0.29) is 6.61 Å². The molecule has 3 heterocycles. The Morgan fingerprint density at radius 3 is 2.41 bits per heavy atom. The minimum absolute atomic E-state index is 0.209. The van der Waals surface area contributed by atoms with Crippen molar-refractivity contribution in [2.75, 3.05) is 49.2 Å². The van der Waals surface area contributed by atoms with Crippen LogP contribution in [0.3, 0.4) is 0 Å². The average molecular weight is 446 g/mol. The maximum Gasteiger partial charge on any atom is 0.227 e. The van der Waals surface area contributed by atoms with Crippen LogP contribution in [-0.4, -0.2) is 83.6 Å². The maximum atomic E-state index is 9.24. The van der Waals surface area contributed by atoms with E-state index in [9.17, 15) is 5.11 Å². The normalized spacial score (nSPS) is 12.2. The number of nitrogens with zero attached hydrogens (tertiary/aromatic N) is 7. The second-order valence-electron chi connectivity index (χ2n) is 7.31. The third kappa shape index (κ3) is 7.21. The molecule has 0 aliphatic rings. The summed E-state index contributed by atoms with van der Waals surface area (Å²) in [5.74, 6) is 1.40. The summed E-state index contributed by atoms with van der Waals surface area (Å²) in [5.41, 5.74) is 7.10. The van der Waals surface area contributed by atoms with Crippen LogP contribution >= 0.6 is 0 Å². The maximum absolute atomic E-state index is 9.24. The molecule has 0 amide bonds. The Bertz CT molecular complexity index is 952. The van der Waals surface area contributed by atoms with Crippen LogP contribution in [-0.2, 0) is 6.54 Å². The molecular formula is C19H31N11O2. The number of nitrogen functional groups attached to an aromatic ring is 1. The Balaban J connectivity index is 1.31. The van der Waals surface area contributed by atoms with Gasteiger partial charge in [-0.2, -0.15) is 4.98 Å². The highest BCUT2D eigenvalue weighted by Crippen LogP contribution is 2.13. The molecule has 3 aromatic rings. The fraction of sp³-hybridized carbons (Fsp3) is 0.579. The number of nitrogens with two attached hydrogens (primary N) is 1. The Morgan fingerprint density at radius 1 is 0.906 bits per heavy atom. The minimum atomic E-state index is -0.682. The van der Waals surface area contributed by atoms with Crippen molar-refractivity contribution in [3.05, 3.63) is 19.0 Å². The number of hydrogen-bond acceptors (Lipinski definition) is 12. The quantitative estimate of drug-likeness (QED) is 0.167. The molecule has 0 aromatic carbocycles. The molecule has 32 heavy (non-hydrogen) atoms. The van der Waals surface area contributed by atoms with Crippen molar-refractivity contribution in [3.63, 3.8) is 0 Å². The molecule has 0 spiro atoms. The summed E-state index contributed by atoms with van der Waals surface area (Å²) in [7, 11) is 0. The standard InChI is InChI=1S/C19H31N11O2/c20-16-15-17(25-11-24-16)30(13-28-15)8-7-23-19-27-12-26-18(29-19)22-6-4-2-1-3-5-21-9-14(32)10-31/h11-14,21,31-32H,1-10H2,(H2,20,24,25)(H2,22,23,26,27,29). The lowest BCUT2D eigenvalue weighted by Gasteiger charge is -2.09. The molecule has 0 aliphatic heterocycles. The van der Waals surface area contributed by atoms with Crippen molar-refractivity contribution < 1.29 is 10.2 Å². The SMILES string of the molecule is Nc1ncnc2c1ncn2CCNc1ncnc(NCCCCCCNCC(O)CO)n1. The third-order valence-electron chi connectivity index (χ3n) is 4.79. The van der Waals surface area contributed by atoms with Gasteiger partial charge in [-0.25, -0.2) is 24.9 Å². The van der Waals surface area contributed by atoms with Gasteiger partial charge < -0.3 is 36.5 Å². The van der Waals surface area contributed by atoms with E-state index in [0.29, 0.717) is 48.5 Å². The van der Waals surface area contributed by atoms with Crippen LogP contribution in [0.2, 0.25) is 0 Å². The zero-order chi connectivity index (χ0) is 22.6. The van der Waals surface area contributed by atoms with Crippen LogP contribution in [0.15, 0.2) is 19.0 Å². The topological polar surface area (TPSA) is 185 Å². The van der Waals surface area contributed by atoms with Crippen molar-refractivity contribution >= 4 is 28.9 Å². The van der Waals surface area contributed by atoms with Gasteiger partial charge in [0.05, 0.1) is 19.0 Å². The highest BCUT2D eigenvalue weighted by atomic mass is 16.3. The fourth-order valence-electron chi connectivity index (χ4n) is 3.08. The molecule has 13 nitrogen and oxygen atoms in total. The molecule has 3 rings (SSSR count). The van der Waals surface area contributed by atoms with Crippen LogP contribution in [0.4, 0.5) is 17.7 Å². The van der Waals surface area contributed by atoms with Crippen molar-refractivity contribution in [1.29, 1.82) is 0 Å². The molecule has 0 fully saturated rings. The molecule has 13 heteroatoms. The number of hydrogen-bond donors (Lipinski definition) is 6. The first kappa shape index (κ1) is 23.5. The van der Waals surface area contributed by atoms with Gasteiger partial charge in [0.15, 0.2) is 11.5 Å². The number of aliphatic hydroxyl groups excluding tert-OH is 2. The van der Waals surface area contributed by atoms with Gasteiger partial charge in [-0.15, -0.1) is 0 Å². The van der Waals surface area contributed by atoms with Gasteiger partial charge in [-0.3, -0.25) is 0 Å². The first-order valence-corrected chi connectivity index (χ1v) is 10.7. The van der Waals surface area contributed by atoms with E-state index in [4.69, 9.17) is 10.8 Å². The summed E-state index contributed by atoms with van der Waals surface area (Å²) in [6.45, 7) is 3.04. The molecule has 0 bridgehead atoms. The molecular weight excluding hydrogens is 414 g/mol. The Morgan fingerprint density at radius 2 is 1.62 bits per heavy atom. The summed E-state index contributed by atoms with van der Waals surface area (Å²) in [6, 6.07) is 0. The van der Waals surface area contributed by atoms with E-state index < -0.39 is 6.10 Å². The smallest absolute Gasteiger partial charge is 0.227 e. The van der Waals surface area contributed by atoms with E-state index in [1.54, 1.807) is 6.33 Å². The van der Waals surface area contributed by atoms with Crippen LogP contribution in [0.1, 0.15) is 25.7 Å². The molecule has 1 atom stereocenters. The van der Waals surface area contributed by atoms with Gasteiger partial charge in [0.1, 0.15) is 18.2 Å². The van der Waals surface area contributed by atoms with Crippen LogP contribution in [0.5, 0.6) is 0 Å². The zero-order valence-electron chi connectivity index (χ0n) is 18.0. The summed E-state index contributed by atoms with van der Waals surface area (Å²) < 4.78 is 1.89. The lowest BCUT2D eigenvalue weighted by molar-refractivity contribution is 0.0945. The van der Waals surface area contributed by atoms with Crippen LogP contribution in [0, 0.1) is 0 Å². The van der Waals surface area contributed by atoms with Gasteiger partial charge in [-0.05, 0) is 19.4 Å². The molecule has 1 unspecified atom stereocenters. The molecule has 0 saturated heterocycles. The zero-order valence-corrected chi connectivity index (χ0v) is 18.0. The lowest BCUT2D eigenvalue weighted by atomic mass is 10.2. The number of aliphatic hydroxyl groups is 2. The first-order chi connectivity index (χ1) is 15.7. The minimum Gasteiger partial charge on any atom is -0.394 e. The second kappa shape index (κ2) is 12.6. The molecule has 0 saturated carbocycles. The highest BCUT2D eigenvalue weighted by molar-refractivity contribution is 5.81. The van der Waals surface area contributed by atoms with Gasteiger partial charge in [-0.1, -0.05) is 12.8 Å². The number of anilines is 3. The van der Waals surface area contributed by atoms with E-state index in [0.717, 1.165) is 38.8 Å². The van der Waals surface area contributed by atoms with Crippen molar-refractivity contribution in [3.8, 4) is 0 Å². The molecule has 3 aromatic heterocycles. The number of nitrogens with one attached hydrogen (secondary N) is 3. The van der Waals surface area contributed by atoms with Gasteiger partial charge in [0.25, 0.3) is 0 Å². The predicted octanol–water partition coefficient (Wildman–Crippen LogP) is -0.379. The van der Waals surface area contributed by atoms with E-state index in [2.05, 4.69) is 45.9 Å².